The molecular formula is C13H22N2O4S. The van der Waals surface area contributed by atoms with Crippen molar-refractivity contribution in [3.63, 3.8) is 0 Å². The highest BCUT2D eigenvalue weighted by atomic mass is 32.2. The lowest BCUT2D eigenvalue weighted by atomic mass is 10.2. The zero-order valence-electron chi connectivity index (χ0n) is 11.6. The van der Waals surface area contributed by atoms with E-state index in [0.717, 1.165) is 0 Å². The van der Waals surface area contributed by atoms with Gasteiger partial charge in [0.15, 0.2) is 0 Å². The van der Waals surface area contributed by atoms with Gasteiger partial charge in [-0.3, -0.25) is 0 Å². The summed E-state index contributed by atoms with van der Waals surface area (Å²) in [5, 5.41) is 8.70. The molecule has 0 saturated carbocycles. The smallest absolute Gasteiger partial charge is 0.215 e. The molecule has 114 valence electrons. The van der Waals surface area contributed by atoms with Crippen molar-refractivity contribution in [1.82, 2.24) is 4.72 Å². The number of hydrogen-bond donors (Lipinski definition) is 3. The summed E-state index contributed by atoms with van der Waals surface area (Å²) in [6.45, 7) is 1.89. The van der Waals surface area contributed by atoms with Gasteiger partial charge in [0.05, 0.1) is 5.75 Å². The second-order valence-electron chi connectivity index (χ2n) is 4.62. The Morgan fingerprint density at radius 1 is 1.45 bits per heavy atom. The van der Waals surface area contributed by atoms with Crippen LogP contribution < -0.4 is 15.2 Å². The van der Waals surface area contributed by atoms with Crippen molar-refractivity contribution in [2.75, 3.05) is 24.7 Å². The molecule has 4 N–H and O–H groups in total. The quantitative estimate of drug-likeness (QED) is 0.584. The highest BCUT2D eigenvalue weighted by Crippen LogP contribution is 2.14. The topological polar surface area (TPSA) is 102 Å². The van der Waals surface area contributed by atoms with Gasteiger partial charge in [-0.25, -0.2) is 13.1 Å². The molecule has 0 spiro atoms. The predicted molar refractivity (Wildman–Crippen MR) is 79.1 cm³/mol. The number of aliphatic hydroxyl groups is 1. The number of nitrogens with two attached hydrogens (primary N) is 1. The molecule has 1 atom stereocenters. The average Bonchev–Trinajstić information content (AvgIpc) is 2.35. The van der Waals surface area contributed by atoms with Crippen molar-refractivity contribution in [3.8, 4) is 5.75 Å². The summed E-state index contributed by atoms with van der Waals surface area (Å²) >= 11 is 0. The molecule has 0 aromatic heterocycles. The van der Waals surface area contributed by atoms with Gasteiger partial charge < -0.3 is 15.6 Å². The van der Waals surface area contributed by atoms with Crippen LogP contribution in [0.3, 0.4) is 0 Å². The Balaban J connectivity index is 2.36. The van der Waals surface area contributed by atoms with E-state index in [4.69, 9.17) is 15.6 Å². The minimum atomic E-state index is -3.38. The molecule has 6 nitrogen and oxygen atoms in total. The predicted octanol–water partition coefficient (Wildman–Crippen LogP) is 0.728. The van der Waals surface area contributed by atoms with E-state index in [-0.39, 0.29) is 25.0 Å². The maximum atomic E-state index is 11.8. The highest BCUT2D eigenvalue weighted by molar-refractivity contribution is 7.89. The molecule has 0 aliphatic heterocycles. The van der Waals surface area contributed by atoms with E-state index in [1.54, 1.807) is 31.2 Å². The lowest BCUT2D eigenvalue weighted by molar-refractivity contribution is 0.279. The van der Waals surface area contributed by atoms with E-state index in [1.807, 2.05) is 0 Å². The Morgan fingerprint density at radius 3 is 2.85 bits per heavy atom. The minimum Gasteiger partial charge on any atom is -0.492 e. The first kappa shape index (κ1) is 16.7. The summed E-state index contributed by atoms with van der Waals surface area (Å²) in [4.78, 5) is 0. The number of ether oxygens (including phenoxy) is 1. The van der Waals surface area contributed by atoms with Crippen LogP contribution in [0.1, 0.15) is 19.8 Å². The third-order valence-electron chi connectivity index (χ3n) is 2.65. The lowest BCUT2D eigenvalue weighted by Crippen LogP contribution is -2.36. The fourth-order valence-electron chi connectivity index (χ4n) is 1.70. The minimum absolute atomic E-state index is 0.0601. The van der Waals surface area contributed by atoms with E-state index >= 15 is 0 Å². The zero-order valence-corrected chi connectivity index (χ0v) is 12.4. The molecule has 0 aliphatic rings. The molecule has 1 aromatic rings. The van der Waals surface area contributed by atoms with Gasteiger partial charge in [-0.15, -0.1) is 0 Å². The SMILES string of the molecule is CC(CCCO)NS(=O)(=O)CCOc1cccc(N)c1. The summed E-state index contributed by atoms with van der Waals surface area (Å²) in [6, 6.07) is 6.64. The second-order valence-corrected chi connectivity index (χ2v) is 6.50. The lowest BCUT2D eigenvalue weighted by Gasteiger charge is -2.14. The van der Waals surface area contributed by atoms with Crippen LogP contribution in [0.4, 0.5) is 5.69 Å². The van der Waals surface area contributed by atoms with Crippen LogP contribution in [-0.4, -0.2) is 38.5 Å². The second kappa shape index (κ2) is 8.08. The summed E-state index contributed by atoms with van der Waals surface area (Å²) in [5.41, 5.74) is 6.17. The van der Waals surface area contributed by atoms with Crippen LogP contribution in [-0.2, 0) is 10.0 Å². The summed E-state index contributed by atoms with van der Waals surface area (Å²) in [7, 11) is -3.38. The van der Waals surface area contributed by atoms with E-state index in [2.05, 4.69) is 4.72 Å². The third kappa shape index (κ3) is 6.74. The number of sulfonamides is 1. The molecule has 7 heteroatoms. The van der Waals surface area contributed by atoms with Crippen LogP contribution in [0.25, 0.3) is 0 Å². The number of rotatable bonds is 9. The van der Waals surface area contributed by atoms with Crippen molar-refractivity contribution in [3.05, 3.63) is 24.3 Å². The van der Waals surface area contributed by atoms with Gasteiger partial charge in [0.25, 0.3) is 0 Å². The van der Waals surface area contributed by atoms with E-state index in [0.29, 0.717) is 24.3 Å². The van der Waals surface area contributed by atoms with Gasteiger partial charge in [-0.2, -0.15) is 0 Å². The number of nitrogens with one attached hydrogen (secondary N) is 1. The summed E-state index contributed by atoms with van der Waals surface area (Å²) < 4.78 is 31.5. The van der Waals surface area contributed by atoms with E-state index in [9.17, 15) is 8.42 Å². The van der Waals surface area contributed by atoms with Crippen molar-refractivity contribution in [2.45, 2.75) is 25.8 Å². The maximum absolute atomic E-state index is 11.8. The monoisotopic (exact) mass is 302 g/mol. The largest absolute Gasteiger partial charge is 0.492 e. The molecular weight excluding hydrogens is 280 g/mol. The van der Waals surface area contributed by atoms with E-state index in [1.165, 1.54) is 0 Å². The molecule has 0 radical (unpaired) electrons. The van der Waals surface area contributed by atoms with Gasteiger partial charge in [-0.1, -0.05) is 6.07 Å². The molecule has 0 amide bonds. The first-order chi connectivity index (χ1) is 9.43. The number of aliphatic hydroxyl groups excluding tert-OH is 1. The normalized spacial score (nSPS) is 13.1. The van der Waals surface area contributed by atoms with Crippen molar-refractivity contribution < 1.29 is 18.3 Å². The number of anilines is 1. The molecule has 1 rings (SSSR count). The summed E-state index contributed by atoms with van der Waals surface area (Å²) in [6.07, 6.45) is 1.18. The average molecular weight is 302 g/mol. The first-order valence-electron chi connectivity index (χ1n) is 6.52. The van der Waals surface area contributed by atoms with Gasteiger partial charge in [0.2, 0.25) is 10.0 Å². The van der Waals surface area contributed by atoms with Gasteiger partial charge >= 0.3 is 0 Å². The molecule has 1 aromatic carbocycles. The van der Waals surface area contributed by atoms with Crippen LogP contribution in [0, 0.1) is 0 Å². The number of benzene rings is 1. The number of nitrogen functional groups attached to an aromatic ring is 1. The van der Waals surface area contributed by atoms with Crippen molar-refractivity contribution >= 4 is 15.7 Å². The Hall–Kier alpha value is -1.31. The first-order valence-corrected chi connectivity index (χ1v) is 8.17. The van der Waals surface area contributed by atoms with Gasteiger partial charge in [-0.05, 0) is 31.9 Å². The van der Waals surface area contributed by atoms with E-state index < -0.39 is 10.0 Å². The fourth-order valence-corrected chi connectivity index (χ4v) is 2.85. The molecule has 0 aliphatic carbocycles. The Kier molecular flexibility index (Phi) is 6.77. The molecule has 1 unspecified atom stereocenters. The van der Waals surface area contributed by atoms with Crippen molar-refractivity contribution in [1.29, 1.82) is 0 Å². The third-order valence-corrected chi connectivity index (χ3v) is 4.12. The Labute approximate surface area is 120 Å². The van der Waals surface area contributed by atoms with Gasteiger partial charge in [0, 0.05) is 24.4 Å². The summed E-state index contributed by atoms with van der Waals surface area (Å²) in [5.74, 6) is 0.430. The fraction of sp³-hybridized carbons (Fsp3) is 0.538. The molecule has 20 heavy (non-hydrogen) atoms. The van der Waals surface area contributed by atoms with Crippen LogP contribution in [0.2, 0.25) is 0 Å². The highest BCUT2D eigenvalue weighted by Gasteiger charge is 2.14. The van der Waals surface area contributed by atoms with Gasteiger partial charge in [0.1, 0.15) is 12.4 Å². The zero-order chi connectivity index (χ0) is 15.0. The number of hydrogen-bond acceptors (Lipinski definition) is 5. The van der Waals surface area contributed by atoms with Crippen LogP contribution in [0.15, 0.2) is 24.3 Å². The molecule has 0 fully saturated rings. The molecule has 0 bridgehead atoms. The van der Waals surface area contributed by atoms with Crippen LogP contribution >= 0.6 is 0 Å². The molecule has 0 heterocycles. The van der Waals surface area contributed by atoms with Crippen molar-refractivity contribution in [2.24, 2.45) is 0 Å². The van der Waals surface area contributed by atoms with Crippen LogP contribution in [0.5, 0.6) is 5.75 Å². The standard InChI is InChI=1S/C13H22N2O4S/c1-11(4-3-7-16)15-20(17,18)9-8-19-13-6-2-5-12(14)10-13/h2,5-6,10-11,15-16H,3-4,7-9,14H2,1H3. The Bertz CT molecular complexity index is 505. The Morgan fingerprint density at radius 2 is 2.20 bits per heavy atom. The molecule has 0 saturated heterocycles. The maximum Gasteiger partial charge on any atom is 0.215 e.